The van der Waals surface area contributed by atoms with Crippen molar-refractivity contribution in [2.45, 2.75) is 25.8 Å². The maximum atomic E-state index is 13.0. The second kappa shape index (κ2) is 8.57. The maximum Gasteiger partial charge on any atom is 0.253 e. The van der Waals surface area contributed by atoms with Crippen LogP contribution in [0.3, 0.4) is 0 Å². The summed E-state index contributed by atoms with van der Waals surface area (Å²) in [7, 11) is 0. The molecule has 2 aromatic rings. The average molecular weight is 377 g/mol. The first-order chi connectivity index (χ1) is 13.7. The lowest BCUT2D eigenvalue weighted by Gasteiger charge is -2.22. The lowest BCUT2D eigenvalue weighted by molar-refractivity contribution is -0.117. The summed E-state index contributed by atoms with van der Waals surface area (Å²) in [4.78, 5) is 29.3. The van der Waals surface area contributed by atoms with Gasteiger partial charge in [-0.3, -0.25) is 14.5 Å². The Morgan fingerprint density at radius 3 is 2.54 bits per heavy atom. The number of benzene rings is 2. The molecule has 5 heteroatoms. The normalized spacial score (nSPS) is 17.8. The second-order valence-corrected chi connectivity index (χ2v) is 7.75. The Kier molecular flexibility index (Phi) is 5.72. The van der Waals surface area contributed by atoms with Gasteiger partial charge in [0.25, 0.3) is 5.91 Å². The van der Waals surface area contributed by atoms with Gasteiger partial charge in [0.15, 0.2) is 0 Å². The highest BCUT2D eigenvalue weighted by molar-refractivity contribution is 5.98. The minimum Gasteiger partial charge on any atom is -0.337 e. The zero-order valence-corrected chi connectivity index (χ0v) is 16.1. The number of hydrogen-bond donors (Lipinski definition) is 1. The molecule has 0 spiro atoms. The predicted molar refractivity (Wildman–Crippen MR) is 110 cm³/mol. The van der Waals surface area contributed by atoms with Crippen LogP contribution in [0.2, 0.25) is 0 Å². The first-order valence-corrected chi connectivity index (χ1v) is 10.2. The molecule has 1 N–H and O–H groups in total. The summed E-state index contributed by atoms with van der Waals surface area (Å²) in [5, 5.41) is 2.93. The van der Waals surface area contributed by atoms with E-state index in [4.69, 9.17) is 0 Å². The molecule has 0 bridgehead atoms. The fourth-order valence-corrected chi connectivity index (χ4v) is 3.68. The topological polar surface area (TPSA) is 52.7 Å². The molecule has 28 heavy (non-hydrogen) atoms. The first kappa shape index (κ1) is 18.7. The van der Waals surface area contributed by atoms with Crippen LogP contribution in [0.5, 0.6) is 0 Å². The molecule has 146 valence electrons. The molecule has 2 amide bonds. The van der Waals surface area contributed by atoms with Crippen molar-refractivity contribution in [3.63, 3.8) is 0 Å². The van der Waals surface area contributed by atoms with Gasteiger partial charge in [-0.25, -0.2) is 0 Å². The molecule has 0 radical (unpaired) electrons. The summed E-state index contributed by atoms with van der Waals surface area (Å²) in [6.07, 6.45) is 2.91. The summed E-state index contributed by atoms with van der Waals surface area (Å²) >= 11 is 0. The van der Waals surface area contributed by atoms with Gasteiger partial charge in [0.2, 0.25) is 5.91 Å². The summed E-state index contributed by atoms with van der Waals surface area (Å²) in [5.74, 6) is 0.264. The summed E-state index contributed by atoms with van der Waals surface area (Å²) in [6, 6.07) is 17.8. The molecule has 5 nitrogen and oxygen atoms in total. The molecule has 4 rings (SSSR count). The lowest BCUT2D eigenvalue weighted by atomic mass is 10.1. The number of nitrogens with one attached hydrogen (secondary N) is 1. The Hall–Kier alpha value is -2.66. The van der Waals surface area contributed by atoms with Crippen molar-refractivity contribution >= 4 is 17.5 Å². The highest BCUT2D eigenvalue weighted by atomic mass is 16.2. The first-order valence-electron chi connectivity index (χ1n) is 10.2. The molecular formula is C23H27N3O2. The highest BCUT2D eigenvalue weighted by Gasteiger charge is 2.29. The number of rotatable bonds is 5. The molecule has 0 aromatic heterocycles. The average Bonchev–Trinajstić information content (AvgIpc) is 3.56. The van der Waals surface area contributed by atoms with Gasteiger partial charge in [-0.2, -0.15) is 0 Å². The zero-order chi connectivity index (χ0) is 19.3. The molecule has 0 atom stereocenters. The van der Waals surface area contributed by atoms with E-state index >= 15 is 0 Å². The van der Waals surface area contributed by atoms with E-state index in [9.17, 15) is 9.59 Å². The smallest absolute Gasteiger partial charge is 0.253 e. The largest absolute Gasteiger partial charge is 0.337 e. The molecule has 1 saturated carbocycles. The fourth-order valence-electron chi connectivity index (χ4n) is 3.68. The number of amides is 2. The summed E-state index contributed by atoms with van der Waals surface area (Å²) < 4.78 is 0. The van der Waals surface area contributed by atoms with Crippen molar-refractivity contribution in [3.05, 3.63) is 65.7 Å². The van der Waals surface area contributed by atoms with E-state index < -0.39 is 0 Å². The van der Waals surface area contributed by atoms with Gasteiger partial charge in [-0.15, -0.1) is 0 Å². The van der Waals surface area contributed by atoms with Crippen LogP contribution in [-0.4, -0.2) is 47.8 Å². The van der Waals surface area contributed by atoms with Gasteiger partial charge in [-0.05, 0) is 43.0 Å². The standard InChI is InChI=1S/C23H27N3O2/c27-22(19-10-11-19)24-21-9-4-8-20(16-21)23(28)26-13-5-12-25(14-15-26)17-18-6-2-1-3-7-18/h1-4,6-9,16,19H,5,10-15,17H2,(H,24,27). The van der Waals surface area contributed by atoms with Crippen LogP contribution in [0.25, 0.3) is 0 Å². The van der Waals surface area contributed by atoms with Crippen molar-refractivity contribution in [2.75, 3.05) is 31.5 Å². The third-order valence-corrected chi connectivity index (χ3v) is 5.45. The number of anilines is 1. The quantitative estimate of drug-likeness (QED) is 0.869. The number of carbonyl (C=O) groups is 2. The minimum atomic E-state index is 0.0454. The number of nitrogens with zero attached hydrogens (tertiary/aromatic N) is 2. The Morgan fingerprint density at radius 2 is 1.75 bits per heavy atom. The molecule has 2 fully saturated rings. The Balaban J connectivity index is 1.36. The van der Waals surface area contributed by atoms with Crippen molar-refractivity contribution < 1.29 is 9.59 Å². The van der Waals surface area contributed by atoms with Gasteiger partial charge in [-0.1, -0.05) is 36.4 Å². The molecule has 2 aliphatic rings. The molecule has 1 aliphatic heterocycles. The summed E-state index contributed by atoms with van der Waals surface area (Å²) in [6.45, 7) is 4.29. The van der Waals surface area contributed by atoms with E-state index in [1.807, 2.05) is 29.2 Å². The van der Waals surface area contributed by atoms with Crippen LogP contribution in [0.15, 0.2) is 54.6 Å². The molecule has 1 aliphatic carbocycles. The fraction of sp³-hybridized carbons (Fsp3) is 0.391. The van der Waals surface area contributed by atoms with Gasteiger partial charge in [0.1, 0.15) is 0 Å². The van der Waals surface area contributed by atoms with Crippen molar-refractivity contribution in [1.29, 1.82) is 0 Å². The number of carbonyl (C=O) groups excluding carboxylic acids is 2. The van der Waals surface area contributed by atoms with Crippen LogP contribution >= 0.6 is 0 Å². The molecule has 1 heterocycles. The van der Waals surface area contributed by atoms with E-state index in [1.165, 1.54) is 5.56 Å². The van der Waals surface area contributed by atoms with Crippen LogP contribution in [0, 0.1) is 5.92 Å². The van der Waals surface area contributed by atoms with Crippen LogP contribution in [0.4, 0.5) is 5.69 Å². The van der Waals surface area contributed by atoms with E-state index in [2.05, 4.69) is 34.5 Å². The third kappa shape index (κ3) is 4.78. The molecule has 1 saturated heterocycles. The SMILES string of the molecule is O=C(Nc1cccc(C(=O)N2CCCN(Cc3ccccc3)CC2)c1)C1CC1. The Morgan fingerprint density at radius 1 is 0.929 bits per heavy atom. The van der Waals surface area contributed by atoms with Crippen LogP contribution in [0.1, 0.15) is 35.2 Å². The Bertz CT molecular complexity index is 833. The van der Waals surface area contributed by atoms with Crippen LogP contribution < -0.4 is 5.32 Å². The maximum absolute atomic E-state index is 13.0. The Labute approximate surface area is 166 Å². The van der Waals surface area contributed by atoms with Crippen LogP contribution in [-0.2, 0) is 11.3 Å². The molecule has 2 aromatic carbocycles. The second-order valence-electron chi connectivity index (χ2n) is 7.75. The molecule has 0 unspecified atom stereocenters. The highest BCUT2D eigenvalue weighted by Crippen LogP contribution is 2.30. The van der Waals surface area contributed by atoms with E-state index in [1.54, 1.807) is 6.07 Å². The van der Waals surface area contributed by atoms with Gasteiger partial charge < -0.3 is 10.2 Å². The number of hydrogen-bond acceptors (Lipinski definition) is 3. The molecular weight excluding hydrogens is 350 g/mol. The van der Waals surface area contributed by atoms with Crippen molar-refractivity contribution in [2.24, 2.45) is 5.92 Å². The van der Waals surface area contributed by atoms with E-state index in [0.29, 0.717) is 11.3 Å². The van der Waals surface area contributed by atoms with E-state index in [-0.39, 0.29) is 17.7 Å². The zero-order valence-electron chi connectivity index (χ0n) is 16.1. The van der Waals surface area contributed by atoms with Gasteiger partial charge in [0, 0.05) is 49.9 Å². The monoisotopic (exact) mass is 377 g/mol. The summed E-state index contributed by atoms with van der Waals surface area (Å²) in [5.41, 5.74) is 2.66. The third-order valence-electron chi connectivity index (χ3n) is 5.45. The van der Waals surface area contributed by atoms with Crippen molar-refractivity contribution in [3.8, 4) is 0 Å². The lowest BCUT2D eigenvalue weighted by Crippen LogP contribution is -2.35. The van der Waals surface area contributed by atoms with Gasteiger partial charge in [0.05, 0.1) is 0 Å². The van der Waals surface area contributed by atoms with Crippen molar-refractivity contribution in [1.82, 2.24) is 9.80 Å². The minimum absolute atomic E-state index is 0.0454. The van der Waals surface area contributed by atoms with Gasteiger partial charge >= 0.3 is 0 Å². The predicted octanol–water partition coefficient (Wildman–Crippen LogP) is 3.38. The van der Waals surface area contributed by atoms with E-state index in [0.717, 1.165) is 52.0 Å².